The molecule has 0 spiro atoms. The fourth-order valence-electron chi connectivity index (χ4n) is 13.7. The van der Waals surface area contributed by atoms with Gasteiger partial charge in [0.1, 0.15) is 73.2 Å². The SMILES string of the molecule is CC/C=C\C/C=C\C/C=C\C/C=C\C/C=C\C/C=C\C/C=C\C/C=C\CCCCCCC(=O)NC(COC1OC(CO)C(OC2OC(CO)C(OC3OC(CO)C(O)C(O)C3O)C(O)C2O)C(O)C1O)C(O)CCCCCCCCCCCCCCCCCCCCCCCCCCCCCCCCC. The highest BCUT2D eigenvalue weighted by Gasteiger charge is 2.54. The van der Waals surface area contributed by atoms with E-state index in [1.54, 1.807) is 0 Å². The van der Waals surface area contributed by atoms with Gasteiger partial charge in [-0.25, -0.2) is 0 Å². The summed E-state index contributed by atoms with van der Waals surface area (Å²) in [6, 6.07) is -0.911. The van der Waals surface area contributed by atoms with Crippen LogP contribution in [0.1, 0.15) is 309 Å². The lowest BCUT2D eigenvalue weighted by Gasteiger charge is -2.48. The Morgan fingerprint density at radius 2 is 0.657 bits per heavy atom. The Balaban J connectivity index is 1.37. The lowest BCUT2D eigenvalue weighted by atomic mass is 9.96. The quantitative estimate of drug-likeness (QED) is 0.0199. The van der Waals surface area contributed by atoms with Crippen LogP contribution in [0.2, 0.25) is 0 Å². The number of rotatable bonds is 66. The van der Waals surface area contributed by atoms with Gasteiger partial charge in [-0.05, 0) is 77.0 Å². The van der Waals surface area contributed by atoms with Gasteiger partial charge >= 0.3 is 0 Å². The summed E-state index contributed by atoms with van der Waals surface area (Å²) in [4.78, 5) is 13.5. The van der Waals surface area contributed by atoms with Crippen molar-refractivity contribution in [1.82, 2.24) is 5.32 Å². The molecule has 105 heavy (non-hydrogen) atoms. The number of unbranched alkanes of at least 4 members (excludes halogenated alkanes) is 34. The van der Waals surface area contributed by atoms with Crippen LogP contribution >= 0.6 is 0 Å². The molecule has 3 fully saturated rings. The summed E-state index contributed by atoms with van der Waals surface area (Å²) in [5.41, 5.74) is 0. The summed E-state index contributed by atoms with van der Waals surface area (Å²) < 4.78 is 34.5. The largest absolute Gasteiger partial charge is 0.394 e. The van der Waals surface area contributed by atoms with Gasteiger partial charge in [0.15, 0.2) is 18.9 Å². The van der Waals surface area contributed by atoms with Gasteiger partial charge in [0.05, 0.1) is 38.6 Å². The van der Waals surface area contributed by atoms with Gasteiger partial charge in [-0.1, -0.05) is 323 Å². The molecule has 0 aromatic rings. The van der Waals surface area contributed by atoms with Gasteiger partial charge in [0, 0.05) is 6.42 Å². The lowest BCUT2D eigenvalue weighted by Crippen LogP contribution is -2.66. The smallest absolute Gasteiger partial charge is 0.220 e. The predicted octanol–water partition coefficient (Wildman–Crippen LogP) is 14.7. The van der Waals surface area contributed by atoms with Crippen LogP contribution in [0.25, 0.3) is 0 Å². The number of hydrogen-bond acceptors (Lipinski definition) is 18. The molecule has 0 radical (unpaired) electrons. The zero-order chi connectivity index (χ0) is 76.0. The van der Waals surface area contributed by atoms with E-state index in [-0.39, 0.29) is 18.9 Å². The summed E-state index contributed by atoms with van der Waals surface area (Å²) in [5.74, 6) is -0.267. The highest BCUT2D eigenvalue weighted by molar-refractivity contribution is 5.76. The Bertz CT molecular complexity index is 2270. The summed E-state index contributed by atoms with van der Waals surface area (Å²) in [6.45, 7) is 1.70. The Kier molecular flexibility index (Phi) is 59.8. The number of hydrogen-bond donors (Lipinski definition) is 12. The van der Waals surface area contributed by atoms with Crippen LogP contribution in [0.3, 0.4) is 0 Å². The molecule has 19 nitrogen and oxygen atoms in total. The molecule has 3 saturated heterocycles. The number of aliphatic hydroxyl groups excluding tert-OH is 11. The lowest BCUT2D eigenvalue weighted by molar-refractivity contribution is -0.379. The molecule has 0 aliphatic carbocycles. The molecule has 3 rings (SSSR count). The fraction of sp³-hybridized carbons (Fsp3) is 0.802. The second kappa shape index (κ2) is 65.4. The first-order chi connectivity index (χ1) is 51.3. The summed E-state index contributed by atoms with van der Waals surface area (Å²) in [7, 11) is 0. The third kappa shape index (κ3) is 45.0. The predicted molar refractivity (Wildman–Crippen MR) is 420 cm³/mol. The molecule has 3 aliphatic rings. The van der Waals surface area contributed by atoms with Crippen molar-refractivity contribution < 1.29 is 89.4 Å². The van der Waals surface area contributed by atoms with Crippen LogP contribution in [0.4, 0.5) is 0 Å². The molecule has 3 heterocycles. The number of carbonyl (C=O) groups excluding carboxylic acids is 1. The number of aliphatic hydroxyl groups is 11. The fourth-order valence-corrected chi connectivity index (χ4v) is 13.7. The molecule has 3 aliphatic heterocycles. The Morgan fingerprint density at radius 3 is 1.03 bits per heavy atom. The average molecular weight is 1490 g/mol. The second-order valence-electron chi connectivity index (χ2n) is 29.6. The van der Waals surface area contributed by atoms with Crippen molar-refractivity contribution in [3.63, 3.8) is 0 Å². The van der Waals surface area contributed by atoms with Crippen LogP contribution in [0.15, 0.2) is 97.2 Å². The standard InChI is InChI=1S/C86H151NO18/c1-3-5-7-9-11-13-15-17-19-21-23-25-27-29-31-33-34-36-37-39-41-43-45-47-49-51-53-55-57-59-61-63-70(91)69(87-74(92)64-62-60-58-56-54-52-50-48-46-44-42-40-38-35-32-30-28-26-24-22-20-18-16-14-12-10-8-6-4-2)68-100-84-80(98)77(95)82(72(66-89)102-84)105-86-81(99)78(96)83(73(67-90)103-86)104-85-79(97)76(94)75(93)71(65-88)101-85/h6,8,12,14,18,20,24,26,30,32,38,40,44,46,50,52,69-73,75-86,88-91,93-99H,3-5,7,9-11,13,15-17,19,21-23,25,27-29,31,33-37,39,41-43,45,47-49,51,53-68H2,1-2H3,(H,87,92)/b8-6-,14-12-,20-18-,26-24-,32-30-,40-38-,46-44-,52-50-. The van der Waals surface area contributed by atoms with Crippen molar-refractivity contribution >= 4 is 5.91 Å². The zero-order valence-electron chi connectivity index (χ0n) is 65.2. The number of carbonyl (C=O) groups is 1. The van der Waals surface area contributed by atoms with Gasteiger partial charge in [0.25, 0.3) is 0 Å². The van der Waals surface area contributed by atoms with E-state index in [4.69, 9.17) is 28.4 Å². The highest BCUT2D eigenvalue weighted by Crippen LogP contribution is 2.33. The molecule has 0 saturated carbocycles. The number of ether oxygens (including phenoxy) is 6. The van der Waals surface area contributed by atoms with Crippen molar-refractivity contribution in [1.29, 1.82) is 0 Å². The number of amides is 1. The average Bonchev–Trinajstić information content (AvgIpc) is 0.781. The van der Waals surface area contributed by atoms with E-state index in [9.17, 15) is 61.0 Å². The van der Waals surface area contributed by atoms with Crippen molar-refractivity contribution in [2.75, 3.05) is 26.4 Å². The molecule has 0 bridgehead atoms. The van der Waals surface area contributed by atoms with E-state index in [1.165, 1.54) is 173 Å². The maximum atomic E-state index is 13.5. The Labute approximate surface area is 634 Å². The normalized spacial score (nSPS) is 26.3. The minimum absolute atomic E-state index is 0.231. The van der Waals surface area contributed by atoms with E-state index < -0.39 is 124 Å². The molecule has 12 N–H and O–H groups in total. The first kappa shape index (κ1) is 95.9. The first-order valence-electron chi connectivity index (χ1n) is 42.0. The maximum absolute atomic E-state index is 13.5. The number of nitrogens with one attached hydrogen (secondary N) is 1. The molecular formula is C86H151NO18. The molecule has 1 amide bonds. The second-order valence-corrected chi connectivity index (χ2v) is 29.6. The molecule has 0 aromatic heterocycles. The van der Waals surface area contributed by atoms with Gasteiger partial charge in [-0.2, -0.15) is 0 Å². The van der Waals surface area contributed by atoms with Crippen molar-refractivity contribution in [3.05, 3.63) is 97.2 Å². The molecule has 17 unspecified atom stereocenters. The van der Waals surface area contributed by atoms with Crippen LogP contribution in [-0.2, 0) is 33.2 Å². The van der Waals surface area contributed by atoms with E-state index in [2.05, 4.69) is 116 Å². The van der Waals surface area contributed by atoms with Gasteiger partial charge < -0.3 is 89.9 Å². The monoisotopic (exact) mass is 1490 g/mol. The van der Waals surface area contributed by atoms with Gasteiger partial charge in [0.2, 0.25) is 5.91 Å². The van der Waals surface area contributed by atoms with Crippen molar-refractivity contribution in [2.24, 2.45) is 0 Å². The minimum atomic E-state index is -1.98. The van der Waals surface area contributed by atoms with E-state index in [1.807, 2.05) is 0 Å². The first-order valence-corrected chi connectivity index (χ1v) is 42.0. The van der Waals surface area contributed by atoms with Crippen LogP contribution in [-0.4, -0.2) is 193 Å². The topological polar surface area (TPSA) is 307 Å². The molecule has 0 aromatic carbocycles. The third-order valence-corrected chi connectivity index (χ3v) is 20.4. The third-order valence-electron chi connectivity index (χ3n) is 20.4. The van der Waals surface area contributed by atoms with Gasteiger partial charge in [-0.3, -0.25) is 4.79 Å². The molecule has 17 atom stereocenters. The van der Waals surface area contributed by atoms with Crippen LogP contribution in [0, 0.1) is 0 Å². The maximum Gasteiger partial charge on any atom is 0.220 e. The molecule has 19 heteroatoms. The Morgan fingerprint density at radius 1 is 0.352 bits per heavy atom. The van der Waals surface area contributed by atoms with E-state index in [0.717, 1.165) is 103 Å². The Hall–Kier alpha value is -3.29. The molecule has 608 valence electrons. The zero-order valence-corrected chi connectivity index (χ0v) is 65.2. The summed E-state index contributed by atoms with van der Waals surface area (Å²) in [6.07, 6.45) is 62.1. The van der Waals surface area contributed by atoms with Crippen LogP contribution in [0.5, 0.6) is 0 Å². The van der Waals surface area contributed by atoms with Crippen molar-refractivity contribution in [2.45, 2.75) is 413 Å². The van der Waals surface area contributed by atoms with E-state index in [0.29, 0.717) is 12.8 Å². The van der Waals surface area contributed by atoms with E-state index >= 15 is 0 Å². The van der Waals surface area contributed by atoms with Gasteiger partial charge in [-0.15, -0.1) is 0 Å². The van der Waals surface area contributed by atoms with Crippen LogP contribution < -0.4 is 5.32 Å². The molecular weight excluding hydrogens is 1330 g/mol. The van der Waals surface area contributed by atoms with Crippen molar-refractivity contribution in [3.8, 4) is 0 Å². The minimum Gasteiger partial charge on any atom is -0.394 e. The summed E-state index contributed by atoms with van der Waals surface area (Å²) >= 11 is 0. The summed E-state index contributed by atoms with van der Waals surface area (Å²) in [5, 5.41) is 121. The highest BCUT2D eigenvalue weighted by atomic mass is 16.8. The number of allylic oxidation sites excluding steroid dienone is 16.